The van der Waals surface area contributed by atoms with Gasteiger partial charge in [-0.1, -0.05) is 42.2 Å². The molecule has 2 fully saturated rings. The summed E-state index contributed by atoms with van der Waals surface area (Å²) in [6, 6.07) is 7.49. The molecule has 0 aromatic heterocycles. The molecule has 2 amide bonds. The van der Waals surface area contributed by atoms with E-state index in [0.29, 0.717) is 15.0 Å². The van der Waals surface area contributed by atoms with Gasteiger partial charge in [0.05, 0.1) is 45.2 Å². The molecule has 1 aromatic carbocycles. The van der Waals surface area contributed by atoms with E-state index in [-0.39, 0.29) is 24.8 Å². The molecule has 0 unspecified atom stereocenters. The van der Waals surface area contributed by atoms with Gasteiger partial charge in [-0.15, -0.1) is 0 Å². The molecule has 2 heterocycles. The normalized spacial score (nSPS) is 20.1. The van der Waals surface area contributed by atoms with Crippen molar-refractivity contribution >= 4 is 46.2 Å². The van der Waals surface area contributed by atoms with Crippen LogP contribution in [0, 0.1) is 0 Å². The molecule has 0 radical (unpaired) electrons. The van der Waals surface area contributed by atoms with Gasteiger partial charge < -0.3 is 9.64 Å². The van der Waals surface area contributed by atoms with Crippen LogP contribution in [-0.2, 0) is 9.59 Å². The van der Waals surface area contributed by atoms with Gasteiger partial charge in [0.1, 0.15) is 10.1 Å². The van der Waals surface area contributed by atoms with Crippen molar-refractivity contribution in [3.63, 3.8) is 0 Å². The van der Waals surface area contributed by atoms with E-state index in [9.17, 15) is 9.59 Å². The fourth-order valence-corrected chi connectivity index (χ4v) is 4.36. The topological polar surface area (TPSA) is 66.3 Å². The van der Waals surface area contributed by atoms with Gasteiger partial charge in [0.25, 0.3) is 5.91 Å². The van der Waals surface area contributed by atoms with Gasteiger partial charge in [-0.05, 0) is 12.1 Å². The van der Waals surface area contributed by atoms with E-state index in [1.807, 2.05) is 29.3 Å². The summed E-state index contributed by atoms with van der Waals surface area (Å²) in [5, 5.41) is 1.95. The van der Waals surface area contributed by atoms with E-state index in [4.69, 9.17) is 17.0 Å². The SMILES string of the molecule is COc1ccccc1/C=C1\SC(=S)N(CCC(=O)NN2CC[NH+](C)CC2)C1=O. The van der Waals surface area contributed by atoms with Crippen molar-refractivity contribution in [3.05, 3.63) is 34.7 Å². The van der Waals surface area contributed by atoms with Crippen LogP contribution < -0.4 is 15.1 Å². The zero-order valence-corrected chi connectivity index (χ0v) is 17.7. The number of rotatable bonds is 6. The van der Waals surface area contributed by atoms with Crippen molar-refractivity contribution in [2.24, 2.45) is 0 Å². The van der Waals surface area contributed by atoms with E-state index in [0.717, 1.165) is 31.7 Å². The Morgan fingerprint density at radius 2 is 2.07 bits per heavy atom. The van der Waals surface area contributed by atoms with Crippen LogP contribution in [0.5, 0.6) is 5.75 Å². The molecule has 28 heavy (non-hydrogen) atoms. The molecule has 150 valence electrons. The first kappa shape index (κ1) is 20.8. The third kappa shape index (κ3) is 5.11. The number of piperazine rings is 1. The van der Waals surface area contributed by atoms with Gasteiger partial charge in [-0.3, -0.25) is 19.9 Å². The van der Waals surface area contributed by atoms with Gasteiger partial charge in [0.15, 0.2) is 0 Å². The maximum Gasteiger partial charge on any atom is 0.266 e. The van der Waals surface area contributed by atoms with Gasteiger partial charge in [-0.2, -0.15) is 0 Å². The first-order chi connectivity index (χ1) is 13.5. The molecule has 0 saturated carbocycles. The number of hydrazine groups is 1. The Hall–Kier alpha value is -1.94. The minimum absolute atomic E-state index is 0.0951. The largest absolute Gasteiger partial charge is 0.496 e. The first-order valence-electron chi connectivity index (χ1n) is 9.22. The van der Waals surface area contributed by atoms with Crippen LogP contribution in [-0.4, -0.2) is 72.9 Å². The number of hydrogen-bond donors (Lipinski definition) is 2. The highest BCUT2D eigenvalue weighted by Gasteiger charge is 2.32. The Morgan fingerprint density at radius 3 is 2.79 bits per heavy atom. The number of para-hydroxylation sites is 1. The number of thioether (sulfide) groups is 1. The summed E-state index contributed by atoms with van der Waals surface area (Å²) in [5.74, 6) is 0.431. The highest BCUT2D eigenvalue weighted by molar-refractivity contribution is 8.26. The average molecular weight is 422 g/mol. The maximum atomic E-state index is 12.7. The number of amides is 2. The van der Waals surface area contributed by atoms with E-state index >= 15 is 0 Å². The fourth-order valence-electron chi connectivity index (χ4n) is 3.07. The van der Waals surface area contributed by atoms with Crippen molar-refractivity contribution in [1.82, 2.24) is 15.3 Å². The zero-order valence-electron chi connectivity index (χ0n) is 16.1. The molecule has 1 aromatic rings. The quantitative estimate of drug-likeness (QED) is 0.504. The number of hydrogen-bond acceptors (Lipinski definition) is 6. The molecule has 2 aliphatic heterocycles. The van der Waals surface area contributed by atoms with Crippen LogP contribution in [0.2, 0.25) is 0 Å². The van der Waals surface area contributed by atoms with Crippen LogP contribution >= 0.6 is 24.0 Å². The van der Waals surface area contributed by atoms with E-state index in [2.05, 4.69) is 12.5 Å². The lowest BCUT2D eigenvalue weighted by molar-refractivity contribution is -0.884. The molecule has 7 nitrogen and oxygen atoms in total. The summed E-state index contributed by atoms with van der Waals surface area (Å²) in [6.45, 7) is 3.95. The molecule has 2 aliphatic rings. The lowest BCUT2D eigenvalue weighted by Crippen LogP contribution is -3.12. The van der Waals surface area contributed by atoms with E-state index in [1.165, 1.54) is 21.6 Å². The van der Waals surface area contributed by atoms with Crippen molar-refractivity contribution < 1.29 is 19.2 Å². The van der Waals surface area contributed by atoms with Crippen LogP contribution in [0.25, 0.3) is 6.08 Å². The Kier molecular flexibility index (Phi) is 7.06. The predicted octanol–water partition coefficient (Wildman–Crippen LogP) is 0.148. The summed E-state index contributed by atoms with van der Waals surface area (Å²) in [6.07, 6.45) is 2.00. The minimum atomic E-state index is -0.170. The third-order valence-corrected chi connectivity index (χ3v) is 6.14. The number of carbonyl (C=O) groups is 2. The Morgan fingerprint density at radius 1 is 1.36 bits per heavy atom. The summed E-state index contributed by atoms with van der Waals surface area (Å²) >= 11 is 6.60. The van der Waals surface area contributed by atoms with Crippen LogP contribution in [0.3, 0.4) is 0 Å². The lowest BCUT2D eigenvalue weighted by Gasteiger charge is -2.30. The second-order valence-corrected chi connectivity index (χ2v) is 8.48. The Labute approximate surface area is 174 Å². The van der Waals surface area contributed by atoms with E-state index < -0.39 is 0 Å². The number of nitrogens with one attached hydrogen (secondary N) is 2. The number of methoxy groups -OCH3 is 1. The highest BCUT2D eigenvalue weighted by atomic mass is 32.2. The molecule has 2 saturated heterocycles. The zero-order chi connectivity index (χ0) is 20.1. The van der Waals surface area contributed by atoms with Crippen molar-refractivity contribution in [2.45, 2.75) is 6.42 Å². The highest BCUT2D eigenvalue weighted by Crippen LogP contribution is 2.34. The number of ether oxygens (including phenoxy) is 1. The van der Waals surface area contributed by atoms with Crippen LogP contribution in [0.4, 0.5) is 0 Å². The Bertz CT molecular complexity index is 791. The summed E-state index contributed by atoms with van der Waals surface area (Å²) in [4.78, 5) is 28.5. The average Bonchev–Trinajstić information content (AvgIpc) is 2.95. The van der Waals surface area contributed by atoms with Gasteiger partial charge in [0.2, 0.25) is 5.91 Å². The number of quaternary nitrogens is 1. The summed E-state index contributed by atoms with van der Waals surface area (Å²) in [5.41, 5.74) is 3.74. The monoisotopic (exact) mass is 421 g/mol. The summed E-state index contributed by atoms with van der Waals surface area (Å²) in [7, 11) is 3.74. The number of benzene rings is 1. The standard InChI is InChI=1S/C19H24N4O3S2/c1-21-9-11-22(12-10-21)20-17(24)7-8-23-18(25)16(28-19(23)27)13-14-5-3-4-6-15(14)26-2/h3-6,13H,7-12H2,1-2H3,(H,20,24)/p+1/b16-13-. The third-order valence-electron chi connectivity index (χ3n) is 4.76. The molecular formula is C19H25N4O3S2+. The van der Waals surface area contributed by atoms with E-state index in [1.54, 1.807) is 13.2 Å². The second kappa shape index (κ2) is 9.51. The number of thiocarbonyl (C=S) groups is 1. The maximum absolute atomic E-state index is 12.7. The second-order valence-electron chi connectivity index (χ2n) is 6.80. The lowest BCUT2D eigenvalue weighted by atomic mass is 10.2. The van der Waals surface area contributed by atoms with Crippen LogP contribution in [0.1, 0.15) is 12.0 Å². The minimum Gasteiger partial charge on any atom is -0.496 e. The molecule has 2 N–H and O–H groups in total. The number of likely N-dealkylation sites (N-methyl/N-ethyl adjacent to an activating group) is 1. The smallest absolute Gasteiger partial charge is 0.266 e. The molecule has 0 bridgehead atoms. The molecule has 0 aliphatic carbocycles. The van der Waals surface area contributed by atoms with Crippen LogP contribution in [0.15, 0.2) is 29.2 Å². The molecular weight excluding hydrogens is 396 g/mol. The van der Waals surface area contributed by atoms with Crippen molar-refractivity contribution in [1.29, 1.82) is 0 Å². The van der Waals surface area contributed by atoms with Gasteiger partial charge in [-0.25, -0.2) is 5.01 Å². The molecule has 0 atom stereocenters. The molecule has 3 rings (SSSR count). The van der Waals surface area contributed by atoms with Crippen molar-refractivity contribution in [3.8, 4) is 5.75 Å². The predicted molar refractivity (Wildman–Crippen MR) is 114 cm³/mol. The van der Waals surface area contributed by atoms with Gasteiger partial charge in [0, 0.05) is 18.5 Å². The van der Waals surface area contributed by atoms with Crippen molar-refractivity contribution in [2.75, 3.05) is 46.9 Å². The summed E-state index contributed by atoms with van der Waals surface area (Å²) < 4.78 is 5.81. The fraction of sp³-hybridized carbons (Fsp3) is 0.421. The van der Waals surface area contributed by atoms with Gasteiger partial charge >= 0.3 is 0 Å². The molecule has 0 spiro atoms. The number of carbonyl (C=O) groups excluding carboxylic acids is 2. The first-order valence-corrected chi connectivity index (χ1v) is 10.4. The molecule has 9 heteroatoms. The number of nitrogens with zero attached hydrogens (tertiary/aromatic N) is 2. The Balaban J connectivity index is 1.56.